The van der Waals surface area contributed by atoms with Crippen molar-refractivity contribution in [2.24, 2.45) is 5.92 Å². The highest BCUT2D eigenvalue weighted by Crippen LogP contribution is 2.03. The summed E-state index contributed by atoms with van der Waals surface area (Å²) in [5.41, 5.74) is 0. The van der Waals surface area contributed by atoms with Crippen LogP contribution in [0.3, 0.4) is 0 Å². The molecule has 0 amide bonds. The summed E-state index contributed by atoms with van der Waals surface area (Å²) in [5.74, 6) is 6.05. The fourth-order valence-electron chi connectivity index (χ4n) is 0.523. The zero-order chi connectivity index (χ0) is 6.41. The van der Waals surface area contributed by atoms with Gasteiger partial charge in [0.2, 0.25) is 0 Å². The molecule has 0 aromatic heterocycles. The van der Waals surface area contributed by atoms with Crippen LogP contribution in [0.2, 0.25) is 0 Å². The summed E-state index contributed by atoms with van der Waals surface area (Å²) in [5, 5.41) is 0. The summed E-state index contributed by atoms with van der Waals surface area (Å²) in [6.07, 6.45) is 1.99. The molecular weight excluding hydrogens is 96.1 g/mol. The first-order chi connectivity index (χ1) is 3.85. The highest BCUT2D eigenvalue weighted by molar-refractivity contribution is 5.05. The largest absolute Gasteiger partial charge is 0.102 e. The van der Waals surface area contributed by atoms with Crippen LogP contribution < -0.4 is 0 Å². The summed E-state index contributed by atoms with van der Waals surface area (Å²) in [6, 6.07) is 0. The van der Waals surface area contributed by atoms with E-state index in [1.54, 1.807) is 0 Å². The van der Waals surface area contributed by atoms with Gasteiger partial charge in [-0.2, -0.15) is 0 Å². The molecule has 0 spiro atoms. The van der Waals surface area contributed by atoms with Crippen molar-refractivity contribution in [3.05, 3.63) is 13.8 Å². The first kappa shape index (κ1) is 7.56. The zero-order valence-electron chi connectivity index (χ0n) is 5.41. The minimum absolute atomic E-state index is 0.465. The third kappa shape index (κ3) is 2.69. The second-order valence-electron chi connectivity index (χ2n) is 1.71. The van der Waals surface area contributed by atoms with Gasteiger partial charge in [-0.05, 0) is 12.8 Å². The SMILES string of the molecule is [CH2]C#CC(C[CH2])CC. The van der Waals surface area contributed by atoms with Crippen LogP contribution in [0, 0.1) is 31.6 Å². The van der Waals surface area contributed by atoms with E-state index in [1.165, 1.54) is 0 Å². The van der Waals surface area contributed by atoms with E-state index in [1.807, 2.05) is 0 Å². The first-order valence-corrected chi connectivity index (χ1v) is 2.92. The predicted molar refractivity (Wildman–Crippen MR) is 36.9 cm³/mol. The average Bonchev–Trinajstić information content (AvgIpc) is 1.83. The van der Waals surface area contributed by atoms with Crippen molar-refractivity contribution >= 4 is 0 Å². The average molecular weight is 108 g/mol. The Bertz CT molecular complexity index is 88.3. The van der Waals surface area contributed by atoms with Crippen molar-refractivity contribution in [3.8, 4) is 11.8 Å². The molecule has 0 saturated heterocycles. The summed E-state index contributed by atoms with van der Waals surface area (Å²) in [6.45, 7) is 9.29. The monoisotopic (exact) mass is 108 g/mol. The Labute approximate surface area is 52.3 Å². The van der Waals surface area contributed by atoms with Crippen molar-refractivity contribution in [2.45, 2.75) is 19.8 Å². The third-order valence-corrected chi connectivity index (χ3v) is 1.15. The highest BCUT2D eigenvalue weighted by atomic mass is 14.0. The second kappa shape index (κ2) is 4.71. The van der Waals surface area contributed by atoms with Crippen LogP contribution in [0.4, 0.5) is 0 Å². The number of hydrogen-bond acceptors (Lipinski definition) is 0. The van der Waals surface area contributed by atoms with E-state index in [-0.39, 0.29) is 0 Å². The molecule has 0 aliphatic carbocycles. The maximum Gasteiger partial charge on any atom is 0.0200 e. The molecule has 0 heteroatoms. The fraction of sp³-hybridized carbons (Fsp3) is 0.500. The van der Waals surface area contributed by atoms with Crippen LogP contribution in [0.5, 0.6) is 0 Å². The summed E-state index contributed by atoms with van der Waals surface area (Å²) < 4.78 is 0. The van der Waals surface area contributed by atoms with Gasteiger partial charge in [-0.1, -0.05) is 19.8 Å². The third-order valence-electron chi connectivity index (χ3n) is 1.15. The molecule has 0 N–H and O–H groups in total. The van der Waals surface area contributed by atoms with Gasteiger partial charge in [-0.25, -0.2) is 0 Å². The summed E-state index contributed by atoms with van der Waals surface area (Å²) >= 11 is 0. The maximum absolute atomic E-state index is 3.75. The topological polar surface area (TPSA) is 0 Å². The Morgan fingerprint density at radius 1 is 1.62 bits per heavy atom. The van der Waals surface area contributed by atoms with E-state index in [4.69, 9.17) is 0 Å². The molecular formula is C8H12. The molecule has 0 fully saturated rings. The van der Waals surface area contributed by atoms with Gasteiger partial charge in [0.15, 0.2) is 0 Å². The molecule has 1 unspecified atom stereocenters. The molecule has 8 heavy (non-hydrogen) atoms. The zero-order valence-corrected chi connectivity index (χ0v) is 5.41. The smallest absolute Gasteiger partial charge is 0.0200 e. The molecule has 0 nitrogen and oxygen atoms in total. The quantitative estimate of drug-likeness (QED) is 0.475. The Kier molecular flexibility index (Phi) is 4.45. The van der Waals surface area contributed by atoms with Gasteiger partial charge >= 0.3 is 0 Å². The van der Waals surface area contributed by atoms with Crippen molar-refractivity contribution in [1.82, 2.24) is 0 Å². The summed E-state index contributed by atoms with van der Waals surface area (Å²) in [7, 11) is 0. The van der Waals surface area contributed by atoms with Crippen molar-refractivity contribution < 1.29 is 0 Å². The van der Waals surface area contributed by atoms with Gasteiger partial charge in [0.25, 0.3) is 0 Å². The van der Waals surface area contributed by atoms with Gasteiger partial charge in [0.05, 0.1) is 0 Å². The molecule has 0 aromatic rings. The molecule has 0 heterocycles. The lowest BCUT2D eigenvalue weighted by Crippen LogP contribution is -1.90. The van der Waals surface area contributed by atoms with Crippen molar-refractivity contribution in [3.63, 3.8) is 0 Å². The summed E-state index contributed by atoms with van der Waals surface area (Å²) in [4.78, 5) is 0. The van der Waals surface area contributed by atoms with Gasteiger partial charge in [0.1, 0.15) is 0 Å². The Morgan fingerprint density at radius 2 is 2.25 bits per heavy atom. The molecule has 2 radical (unpaired) electrons. The normalized spacial score (nSPS) is 8.50. The van der Waals surface area contributed by atoms with E-state index in [0.29, 0.717) is 5.92 Å². The molecule has 0 aliphatic rings. The lowest BCUT2D eigenvalue weighted by atomic mass is 10.1. The maximum atomic E-state index is 3.75. The predicted octanol–water partition coefficient (Wildman–Crippen LogP) is 2.07. The van der Waals surface area contributed by atoms with Crippen LogP contribution in [-0.4, -0.2) is 0 Å². The van der Waals surface area contributed by atoms with Crippen molar-refractivity contribution in [2.75, 3.05) is 0 Å². The lowest BCUT2D eigenvalue weighted by Gasteiger charge is -1.99. The minimum Gasteiger partial charge on any atom is -0.102 e. The van der Waals surface area contributed by atoms with E-state index in [2.05, 4.69) is 32.6 Å². The Hall–Kier alpha value is -0.440. The van der Waals surface area contributed by atoms with Gasteiger partial charge in [-0.3, -0.25) is 0 Å². The molecule has 44 valence electrons. The molecule has 0 aliphatic heterocycles. The molecule has 1 atom stereocenters. The van der Waals surface area contributed by atoms with Crippen LogP contribution in [-0.2, 0) is 0 Å². The van der Waals surface area contributed by atoms with Gasteiger partial charge < -0.3 is 0 Å². The lowest BCUT2D eigenvalue weighted by molar-refractivity contribution is 0.659. The van der Waals surface area contributed by atoms with E-state index in [0.717, 1.165) is 12.8 Å². The Balaban J connectivity index is 3.47. The van der Waals surface area contributed by atoms with E-state index < -0.39 is 0 Å². The standard InChI is InChI=1S/C8H12/c1-4-7-8(5-2)6-3/h8H,1-2,5-6H2,3H3. The minimum atomic E-state index is 0.465. The van der Waals surface area contributed by atoms with E-state index >= 15 is 0 Å². The van der Waals surface area contributed by atoms with Crippen molar-refractivity contribution in [1.29, 1.82) is 0 Å². The molecule has 0 aromatic carbocycles. The molecule has 0 rings (SSSR count). The van der Waals surface area contributed by atoms with Gasteiger partial charge in [0, 0.05) is 12.8 Å². The molecule has 0 bridgehead atoms. The van der Waals surface area contributed by atoms with Crippen LogP contribution in [0.1, 0.15) is 19.8 Å². The number of rotatable bonds is 2. The first-order valence-electron chi connectivity index (χ1n) is 2.92. The van der Waals surface area contributed by atoms with Gasteiger partial charge in [-0.15, -0.1) is 5.92 Å². The van der Waals surface area contributed by atoms with Crippen LogP contribution in [0.25, 0.3) is 0 Å². The fourth-order valence-corrected chi connectivity index (χ4v) is 0.523. The van der Waals surface area contributed by atoms with Crippen LogP contribution in [0.15, 0.2) is 0 Å². The van der Waals surface area contributed by atoms with Crippen LogP contribution >= 0.6 is 0 Å². The molecule has 0 saturated carbocycles. The Morgan fingerprint density at radius 3 is 2.38 bits per heavy atom. The number of hydrogen-bond donors (Lipinski definition) is 0. The highest BCUT2D eigenvalue weighted by Gasteiger charge is 1.94. The van der Waals surface area contributed by atoms with E-state index in [9.17, 15) is 0 Å². The second-order valence-corrected chi connectivity index (χ2v) is 1.71.